The first-order chi connectivity index (χ1) is 8.82. The highest BCUT2D eigenvalue weighted by Gasteiger charge is 2.21. The van der Waals surface area contributed by atoms with Crippen LogP contribution in [-0.4, -0.2) is 21.2 Å². The number of nitrogens with two attached hydrogens (primary N) is 1. The molecule has 1 aromatic rings. The van der Waals surface area contributed by atoms with Crippen LogP contribution >= 0.6 is 12.4 Å². The first-order valence-corrected chi connectivity index (χ1v) is 6.24. The first kappa shape index (κ1) is 18.6. The van der Waals surface area contributed by atoms with Crippen LogP contribution in [0.1, 0.15) is 38.3 Å². The van der Waals surface area contributed by atoms with Crippen molar-refractivity contribution in [3.05, 3.63) is 33.9 Å². The highest BCUT2D eigenvalue weighted by Crippen LogP contribution is 2.29. The van der Waals surface area contributed by atoms with E-state index in [9.17, 15) is 20.3 Å². The summed E-state index contributed by atoms with van der Waals surface area (Å²) in [6.45, 7) is 4.09. The summed E-state index contributed by atoms with van der Waals surface area (Å²) >= 11 is 0. The second-order valence-electron chi connectivity index (χ2n) is 5.07. The predicted octanol–water partition coefficient (Wildman–Crippen LogP) is 2.52. The van der Waals surface area contributed by atoms with Gasteiger partial charge < -0.3 is 15.9 Å². The molecule has 4 N–H and O–H groups in total. The molecule has 0 unspecified atom stereocenters. The van der Waals surface area contributed by atoms with Crippen molar-refractivity contribution >= 4 is 18.1 Å². The number of aliphatic hydroxyl groups excluding tert-OH is 1. The minimum absolute atomic E-state index is 0. The molecule has 0 saturated heterocycles. The molecule has 6 nitrogen and oxygen atoms in total. The summed E-state index contributed by atoms with van der Waals surface area (Å²) in [5, 5.41) is 30.0. The van der Waals surface area contributed by atoms with Crippen LogP contribution in [0, 0.1) is 16.0 Å². The predicted molar refractivity (Wildman–Crippen MR) is 79.0 cm³/mol. The molecule has 0 aliphatic carbocycles. The van der Waals surface area contributed by atoms with Gasteiger partial charge in [-0.05, 0) is 30.4 Å². The largest absolute Gasteiger partial charge is 0.502 e. The Hall–Kier alpha value is -1.37. The summed E-state index contributed by atoms with van der Waals surface area (Å²) in [5.41, 5.74) is 5.94. The number of aromatic hydroxyl groups is 1. The third kappa shape index (κ3) is 4.96. The summed E-state index contributed by atoms with van der Waals surface area (Å²) in [6.07, 6.45) is 0.606. The second-order valence-corrected chi connectivity index (χ2v) is 5.07. The van der Waals surface area contributed by atoms with Crippen LogP contribution < -0.4 is 5.73 Å². The Labute approximate surface area is 124 Å². The number of hydrogen-bond donors (Lipinski definition) is 3. The molecule has 1 aromatic carbocycles. The Kier molecular flexibility index (Phi) is 7.49. The molecule has 0 aromatic heterocycles. The maximum atomic E-state index is 10.7. The number of rotatable bonds is 6. The third-order valence-corrected chi connectivity index (χ3v) is 3.04. The number of nitrogens with zero attached hydrogens (tertiary/aromatic N) is 1. The molecule has 0 saturated carbocycles. The van der Waals surface area contributed by atoms with E-state index in [1.54, 1.807) is 0 Å². The standard InChI is InChI=1S/C13H20N2O4.ClH/c1-8(2)3-5-12(17)13(14)9-4-6-11(16)10(7-9)15(18)19;/h4,6-8,12-13,16-17H,3,5,14H2,1-2H3;1H/t12-,13+;/m1./s1. The second kappa shape index (κ2) is 8.04. The number of nitro groups is 1. The van der Waals surface area contributed by atoms with Crippen LogP contribution in [0.5, 0.6) is 5.75 Å². The van der Waals surface area contributed by atoms with Gasteiger partial charge in [0.1, 0.15) is 0 Å². The van der Waals surface area contributed by atoms with Crippen LogP contribution in [0.4, 0.5) is 5.69 Å². The van der Waals surface area contributed by atoms with Gasteiger partial charge in [0.25, 0.3) is 0 Å². The van der Waals surface area contributed by atoms with Gasteiger partial charge in [-0.2, -0.15) is 0 Å². The van der Waals surface area contributed by atoms with Crippen LogP contribution in [0.25, 0.3) is 0 Å². The fourth-order valence-electron chi connectivity index (χ4n) is 1.80. The average Bonchev–Trinajstić information content (AvgIpc) is 2.35. The average molecular weight is 305 g/mol. The van der Waals surface area contributed by atoms with E-state index in [2.05, 4.69) is 0 Å². The van der Waals surface area contributed by atoms with E-state index in [0.29, 0.717) is 17.9 Å². The molecule has 0 bridgehead atoms. The zero-order valence-corrected chi connectivity index (χ0v) is 12.3. The molecule has 0 heterocycles. The van der Waals surface area contributed by atoms with Crippen LogP contribution in [0.15, 0.2) is 18.2 Å². The fraction of sp³-hybridized carbons (Fsp3) is 0.538. The minimum Gasteiger partial charge on any atom is -0.502 e. The number of phenols is 1. The summed E-state index contributed by atoms with van der Waals surface area (Å²) < 4.78 is 0. The molecule has 20 heavy (non-hydrogen) atoms. The molecule has 0 fully saturated rings. The van der Waals surface area contributed by atoms with E-state index in [-0.39, 0.29) is 12.4 Å². The molecular weight excluding hydrogens is 284 g/mol. The van der Waals surface area contributed by atoms with E-state index < -0.39 is 28.5 Å². The van der Waals surface area contributed by atoms with Crippen LogP contribution in [0.2, 0.25) is 0 Å². The van der Waals surface area contributed by atoms with E-state index >= 15 is 0 Å². The molecular formula is C13H21ClN2O4. The topological polar surface area (TPSA) is 110 Å². The quantitative estimate of drug-likeness (QED) is 0.552. The zero-order valence-electron chi connectivity index (χ0n) is 11.5. The van der Waals surface area contributed by atoms with Crippen molar-refractivity contribution in [3.63, 3.8) is 0 Å². The van der Waals surface area contributed by atoms with E-state index in [4.69, 9.17) is 5.73 Å². The Bertz CT molecular complexity index is 454. The van der Waals surface area contributed by atoms with E-state index in [0.717, 1.165) is 6.42 Å². The van der Waals surface area contributed by atoms with Crippen molar-refractivity contribution in [1.82, 2.24) is 0 Å². The maximum absolute atomic E-state index is 10.7. The normalized spacial score (nSPS) is 13.7. The summed E-state index contributed by atoms with van der Waals surface area (Å²) in [5.74, 6) is 0.0497. The number of nitro benzene ring substituents is 1. The van der Waals surface area contributed by atoms with E-state index in [1.165, 1.54) is 18.2 Å². The van der Waals surface area contributed by atoms with Crippen molar-refractivity contribution in [2.24, 2.45) is 11.7 Å². The number of phenolic OH excluding ortho intramolecular Hbond substituents is 1. The lowest BCUT2D eigenvalue weighted by Gasteiger charge is -2.20. The number of aliphatic hydroxyl groups is 1. The lowest BCUT2D eigenvalue weighted by molar-refractivity contribution is -0.385. The molecule has 114 valence electrons. The SMILES string of the molecule is CC(C)CC[C@@H](O)[C@@H](N)c1ccc(O)c([N+](=O)[O-])c1.Cl. The van der Waals surface area contributed by atoms with Gasteiger partial charge in [0.15, 0.2) is 5.75 Å². The lowest BCUT2D eigenvalue weighted by atomic mass is 9.95. The van der Waals surface area contributed by atoms with Crippen molar-refractivity contribution in [3.8, 4) is 5.75 Å². The molecule has 0 aliphatic rings. The highest BCUT2D eigenvalue weighted by molar-refractivity contribution is 5.85. The first-order valence-electron chi connectivity index (χ1n) is 6.24. The lowest BCUT2D eigenvalue weighted by Crippen LogP contribution is -2.26. The fourth-order valence-corrected chi connectivity index (χ4v) is 1.80. The van der Waals surface area contributed by atoms with Gasteiger partial charge in [0, 0.05) is 6.07 Å². The molecule has 0 amide bonds. The minimum atomic E-state index is -0.758. The van der Waals surface area contributed by atoms with Gasteiger partial charge in [-0.25, -0.2) is 0 Å². The van der Waals surface area contributed by atoms with Gasteiger partial charge >= 0.3 is 5.69 Å². The molecule has 7 heteroatoms. The van der Waals surface area contributed by atoms with Crippen LogP contribution in [-0.2, 0) is 0 Å². The summed E-state index contributed by atoms with van der Waals surface area (Å²) in [7, 11) is 0. The number of halogens is 1. The van der Waals surface area contributed by atoms with Crippen LogP contribution in [0.3, 0.4) is 0 Å². The summed E-state index contributed by atoms with van der Waals surface area (Å²) in [4.78, 5) is 10.0. The van der Waals surface area contributed by atoms with Crippen molar-refractivity contribution < 1.29 is 15.1 Å². The van der Waals surface area contributed by atoms with Gasteiger partial charge in [-0.15, -0.1) is 12.4 Å². The summed E-state index contributed by atoms with van der Waals surface area (Å²) in [6, 6.07) is 3.23. The number of hydrogen-bond acceptors (Lipinski definition) is 5. The van der Waals surface area contributed by atoms with Crippen molar-refractivity contribution in [2.45, 2.75) is 38.8 Å². The van der Waals surface area contributed by atoms with Crippen molar-refractivity contribution in [1.29, 1.82) is 0 Å². The molecule has 0 radical (unpaired) electrons. The van der Waals surface area contributed by atoms with E-state index in [1.807, 2.05) is 13.8 Å². The number of benzene rings is 1. The van der Waals surface area contributed by atoms with Gasteiger partial charge in [0.05, 0.1) is 17.1 Å². The Morgan fingerprint density at radius 1 is 1.35 bits per heavy atom. The third-order valence-electron chi connectivity index (χ3n) is 3.04. The van der Waals surface area contributed by atoms with Gasteiger partial charge in [0.2, 0.25) is 0 Å². The van der Waals surface area contributed by atoms with Gasteiger partial charge in [-0.1, -0.05) is 19.9 Å². The van der Waals surface area contributed by atoms with Crippen molar-refractivity contribution in [2.75, 3.05) is 0 Å². The molecule has 2 atom stereocenters. The molecule has 0 aliphatic heterocycles. The molecule has 1 rings (SSSR count). The Balaban J connectivity index is 0.00000361. The monoisotopic (exact) mass is 304 g/mol. The van der Waals surface area contributed by atoms with Gasteiger partial charge in [-0.3, -0.25) is 10.1 Å². The highest BCUT2D eigenvalue weighted by atomic mass is 35.5. The smallest absolute Gasteiger partial charge is 0.311 e. The Morgan fingerprint density at radius 2 is 1.95 bits per heavy atom. The Morgan fingerprint density at radius 3 is 2.45 bits per heavy atom. The molecule has 0 spiro atoms. The zero-order chi connectivity index (χ0) is 14.6. The maximum Gasteiger partial charge on any atom is 0.311 e.